The second-order valence-corrected chi connectivity index (χ2v) is 3.94. The smallest absolute Gasteiger partial charge is 0.0887 e. The van der Waals surface area contributed by atoms with Crippen LogP contribution < -0.4 is 0 Å². The van der Waals surface area contributed by atoms with E-state index in [1.54, 1.807) is 0 Å². The van der Waals surface area contributed by atoms with E-state index < -0.39 is 0 Å². The summed E-state index contributed by atoms with van der Waals surface area (Å²) in [5.74, 6) is 0. The van der Waals surface area contributed by atoms with Gasteiger partial charge in [0.25, 0.3) is 0 Å². The molecule has 0 aromatic heterocycles. The minimum Gasteiger partial charge on any atom is -0.370 e. The van der Waals surface area contributed by atoms with Gasteiger partial charge < -0.3 is 4.74 Å². The van der Waals surface area contributed by atoms with Gasteiger partial charge in [0.05, 0.1) is 12.2 Å². The SMILES string of the molecule is C[C@@H]1C=C[C@H](OC2CC2)CN1C. The maximum Gasteiger partial charge on any atom is 0.0887 e. The van der Waals surface area contributed by atoms with Crippen LogP contribution in [0.1, 0.15) is 19.8 Å². The van der Waals surface area contributed by atoms with Crippen LogP contribution in [0.4, 0.5) is 0 Å². The molecule has 2 atom stereocenters. The van der Waals surface area contributed by atoms with Crippen LogP contribution in [-0.2, 0) is 4.74 Å². The first-order valence-corrected chi connectivity index (χ1v) is 4.80. The lowest BCUT2D eigenvalue weighted by atomic mass is 10.1. The lowest BCUT2D eigenvalue weighted by molar-refractivity contribution is 0.0386. The molecule has 0 aromatic rings. The second-order valence-electron chi connectivity index (χ2n) is 3.94. The molecule has 2 rings (SSSR count). The summed E-state index contributed by atoms with van der Waals surface area (Å²) in [6, 6.07) is 0.573. The van der Waals surface area contributed by atoms with Crippen LogP contribution in [0.3, 0.4) is 0 Å². The second kappa shape index (κ2) is 3.19. The van der Waals surface area contributed by atoms with E-state index in [1.165, 1.54) is 12.8 Å². The third-order valence-corrected chi connectivity index (χ3v) is 2.66. The van der Waals surface area contributed by atoms with E-state index in [-0.39, 0.29) is 0 Å². The molecule has 0 radical (unpaired) electrons. The predicted octanol–water partition coefficient (Wildman–Crippen LogP) is 1.42. The standard InChI is InChI=1S/C10H17NO/c1-8-3-4-10(7-11(8)2)12-9-5-6-9/h3-4,8-10H,5-7H2,1-2H3/t8-,10+/m1/s1. The average molecular weight is 167 g/mol. The van der Waals surface area contributed by atoms with Crippen LogP contribution in [0.15, 0.2) is 12.2 Å². The minimum absolute atomic E-state index is 0.346. The normalized spacial score (nSPS) is 37.2. The minimum atomic E-state index is 0.346. The van der Waals surface area contributed by atoms with E-state index in [0.717, 1.165) is 6.54 Å². The van der Waals surface area contributed by atoms with Gasteiger partial charge in [-0.05, 0) is 26.8 Å². The molecule has 1 aliphatic heterocycles. The maximum atomic E-state index is 5.79. The maximum absolute atomic E-state index is 5.79. The third-order valence-electron chi connectivity index (χ3n) is 2.66. The van der Waals surface area contributed by atoms with E-state index >= 15 is 0 Å². The van der Waals surface area contributed by atoms with E-state index in [0.29, 0.717) is 18.2 Å². The zero-order chi connectivity index (χ0) is 8.55. The summed E-state index contributed by atoms with van der Waals surface area (Å²) in [7, 11) is 2.15. The molecule has 1 fully saturated rings. The van der Waals surface area contributed by atoms with Crippen molar-refractivity contribution in [3.63, 3.8) is 0 Å². The zero-order valence-corrected chi connectivity index (χ0v) is 7.86. The van der Waals surface area contributed by atoms with Gasteiger partial charge in [-0.1, -0.05) is 12.2 Å². The van der Waals surface area contributed by atoms with Gasteiger partial charge in [0, 0.05) is 12.6 Å². The molecular formula is C10H17NO. The van der Waals surface area contributed by atoms with Gasteiger partial charge in [-0.3, -0.25) is 4.90 Å². The number of ether oxygens (including phenoxy) is 1. The first kappa shape index (κ1) is 8.27. The molecule has 1 heterocycles. The van der Waals surface area contributed by atoms with Gasteiger partial charge in [0.2, 0.25) is 0 Å². The fraction of sp³-hybridized carbons (Fsp3) is 0.800. The molecule has 0 spiro atoms. The Morgan fingerprint density at radius 2 is 2.08 bits per heavy atom. The van der Waals surface area contributed by atoms with Gasteiger partial charge in [-0.2, -0.15) is 0 Å². The van der Waals surface area contributed by atoms with Crippen molar-refractivity contribution in [1.29, 1.82) is 0 Å². The Hall–Kier alpha value is -0.340. The number of hydrogen-bond donors (Lipinski definition) is 0. The van der Waals surface area contributed by atoms with Crippen LogP contribution in [0, 0.1) is 0 Å². The van der Waals surface area contributed by atoms with Crippen molar-refractivity contribution in [2.24, 2.45) is 0 Å². The summed E-state index contributed by atoms with van der Waals surface area (Å²) in [5, 5.41) is 0. The van der Waals surface area contributed by atoms with Gasteiger partial charge >= 0.3 is 0 Å². The Morgan fingerprint density at radius 3 is 2.67 bits per heavy atom. The monoisotopic (exact) mass is 167 g/mol. The molecule has 1 saturated carbocycles. The Balaban J connectivity index is 1.87. The number of nitrogens with zero attached hydrogens (tertiary/aromatic N) is 1. The largest absolute Gasteiger partial charge is 0.370 e. The van der Waals surface area contributed by atoms with Crippen molar-refractivity contribution in [2.45, 2.75) is 38.0 Å². The molecule has 0 bridgehead atoms. The van der Waals surface area contributed by atoms with E-state index in [4.69, 9.17) is 4.74 Å². The Morgan fingerprint density at radius 1 is 1.33 bits per heavy atom. The van der Waals surface area contributed by atoms with Crippen molar-refractivity contribution < 1.29 is 4.74 Å². The molecule has 0 unspecified atom stereocenters. The summed E-state index contributed by atoms with van der Waals surface area (Å²) in [6.45, 7) is 3.26. The molecule has 0 amide bonds. The molecule has 2 heteroatoms. The van der Waals surface area contributed by atoms with Gasteiger partial charge in [-0.25, -0.2) is 0 Å². The highest BCUT2D eigenvalue weighted by molar-refractivity contribution is 5.03. The molecule has 0 saturated heterocycles. The lowest BCUT2D eigenvalue weighted by Crippen LogP contribution is -2.39. The summed E-state index contributed by atoms with van der Waals surface area (Å²) in [5.41, 5.74) is 0. The van der Waals surface area contributed by atoms with Crippen molar-refractivity contribution in [1.82, 2.24) is 4.90 Å². The van der Waals surface area contributed by atoms with E-state index in [2.05, 4.69) is 31.0 Å². The summed E-state index contributed by atoms with van der Waals surface area (Å²) in [4.78, 5) is 2.33. The molecular weight excluding hydrogens is 150 g/mol. The Kier molecular flexibility index (Phi) is 2.20. The highest BCUT2D eigenvalue weighted by Gasteiger charge is 2.27. The van der Waals surface area contributed by atoms with Crippen LogP contribution in [0.25, 0.3) is 0 Å². The zero-order valence-electron chi connectivity index (χ0n) is 7.86. The molecule has 2 nitrogen and oxygen atoms in total. The number of hydrogen-bond acceptors (Lipinski definition) is 2. The van der Waals surface area contributed by atoms with Crippen molar-refractivity contribution in [3.8, 4) is 0 Å². The van der Waals surface area contributed by atoms with Crippen molar-refractivity contribution in [3.05, 3.63) is 12.2 Å². The summed E-state index contributed by atoms with van der Waals surface area (Å²) < 4.78 is 5.79. The third kappa shape index (κ3) is 1.87. The predicted molar refractivity (Wildman–Crippen MR) is 49.1 cm³/mol. The van der Waals surface area contributed by atoms with E-state index in [9.17, 15) is 0 Å². The highest BCUT2D eigenvalue weighted by atomic mass is 16.5. The molecule has 2 aliphatic rings. The Bertz CT molecular complexity index is 186. The van der Waals surface area contributed by atoms with Gasteiger partial charge in [-0.15, -0.1) is 0 Å². The first-order valence-electron chi connectivity index (χ1n) is 4.80. The fourth-order valence-corrected chi connectivity index (χ4v) is 1.48. The molecule has 12 heavy (non-hydrogen) atoms. The molecule has 0 N–H and O–H groups in total. The summed E-state index contributed by atoms with van der Waals surface area (Å²) in [6.07, 6.45) is 7.90. The number of rotatable bonds is 2. The van der Waals surface area contributed by atoms with Crippen LogP contribution in [0.2, 0.25) is 0 Å². The first-order chi connectivity index (χ1) is 5.75. The van der Waals surface area contributed by atoms with Gasteiger partial charge in [0.15, 0.2) is 0 Å². The van der Waals surface area contributed by atoms with Crippen molar-refractivity contribution in [2.75, 3.05) is 13.6 Å². The Labute approximate surface area is 74.2 Å². The molecule has 68 valence electrons. The van der Waals surface area contributed by atoms with Crippen LogP contribution >= 0.6 is 0 Å². The average Bonchev–Trinajstić information content (AvgIpc) is 2.81. The molecule has 1 aliphatic carbocycles. The quantitative estimate of drug-likeness (QED) is 0.577. The summed E-state index contributed by atoms with van der Waals surface area (Å²) >= 11 is 0. The van der Waals surface area contributed by atoms with E-state index in [1.807, 2.05) is 0 Å². The fourth-order valence-electron chi connectivity index (χ4n) is 1.48. The van der Waals surface area contributed by atoms with Crippen LogP contribution in [-0.4, -0.2) is 36.7 Å². The topological polar surface area (TPSA) is 12.5 Å². The number of likely N-dealkylation sites (N-methyl/N-ethyl adjacent to an activating group) is 1. The van der Waals surface area contributed by atoms with Crippen LogP contribution in [0.5, 0.6) is 0 Å². The van der Waals surface area contributed by atoms with Crippen molar-refractivity contribution >= 4 is 0 Å². The highest BCUT2D eigenvalue weighted by Crippen LogP contribution is 2.26. The van der Waals surface area contributed by atoms with Gasteiger partial charge in [0.1, 0.15) is 0 Å². The lowest BCUT2D eigenvalue weighted by Gasteiger charge is -2.30. The molecule has 0 aromatic carbocycles.